The number of sulfone groups is 1. The average Bonchev–Trinajstić information content (AvgIpc) is 3.43. The second-order valence-corrected chi connectivity index (χ2v) is 17.5. The fourth-order valence-corrected chi connectivity index (χ4v) is 10.1. The Labute approximate surface area is 301 Å². The minimum absolute atomic E-state index is 0.0452. The van der Waals surface area contributed by atoms with Crippen molar-refractivity contribution in [3.8, 4) is 0 Å². The van der Waals surface area contributed by atoms with Crippen molar-refractivity contribution in [2.45, 2.75) is 81.9 Å². The summed E-state index contributed by atoms with van der Waals surface area (Å²) in [6, 6.07) is 6.96. The predicted octanol–water partition coefficient (Wildman–Crippen LogP) is 4.97. The van der Waals surface area contributed by atoms with Crippen LogP contribution in [0.15, 0.2) is 47.5 Å². The van der Waals surface area contributed by atoms with E-state index in [9.17, 15) is 18.0 Å². The molecule has 2 aromatic heterocycles. The normalized spacial score (nSPS) is 24.5. The first-order valence-electron chi connectivity index (χ1n) is 17.2. The number of aryl methyl sites for hydroxylation is 3. The highest BCUT2D eigenvalue weighted by Gasteiger charge is 2.45. The third-order valence-electron chi connectivity index (χ3n) is 10.5. The first kappa shape index (κ1) is 34.4. The van der Waals surface area contributed by atoms with Crippen molar-refractivity contribution in [3.05, 3.63) is 80.6 Å². The van der Waals surface area contributed by atoms with Crippen molar-refractivity contribution < 1.29 is 22.7 Å². The molecule has 7 rings (SSSR count). The fourth-order valence-electron chi connectivity index (χ4n) is 7.89. The zero-order valence-corrected chi connectivity index (χ0v) is 30.8. The first-order valence-corrected chi connectivity index (χ1v) is 20.1. The van der Waals surface area contributed by atoms with Crippen LogP contribution in [-0.2, 0) is 38.8 Å². The minimum Gasteiger partial charge on any atom is -0.446 e. The van der Waals surface area contributed by atoms with E-state index >= 15 is 0 Å². The second kappa shape index (κ2) is 14.3. The molecule has 3 aromatic rings. The predicted molar refractivity (Wildman–Crippen MR) is 189 cm³/mol. The van der Waals surface area contributed by atoms with Gasteiger partial charge in [0.05, 0.1) is 34.8 Å². The molecule has 0 radical (unpaired) electrons. The second-order valence-electron chi connectivity index (χ2n) is 13.8. The highest BCUT2D eigenvalue weighted by atomic mass is 79.9. The molecule has 2 aliphatic carbocycles. The summed E-state index contributed by atoms with van der Waals surface area (Å²) in [6.07, 6.45) is 11.0. The Balaban J connectivity index is 1.21. The van der Waals surface area contributed by atoms with Crippen LogP contribution in [0, 0.1) is 6.92 Å². The SMILES string of the molecule is Cc1cn(C[C@@H]2CN(C(=O)[C@H]3CN(C4c5ccc(Cl)cc5CCc5cc(Br)cnc54)CCN3C(=O)OC3CCCCC3)CCS2(=O)=O)cn1. The van der Waals surface area contributed by atoms with E-state index in [1.165, 1.54) is 0 Å². The van der Waals surface area contributed by atoms with Crippen molar-refractivity contribution in [2.75, 3.05) is 38.5 Å². The molecule has 0 N–H and O–H groups in total. The quantitative estimate of drug-likeness (QED) is 0.357. The molecule has 1 unspecified atom stereocenters. The van der Waals surface area contributed by atoms with E-state index in [-0.39, 0.29) is 56.5 Å². The van der Waals surface area contributed by atoms with Gasteiger partial charge in [0, 0.05) is 61.2 Å². The van der Waals surface area contributed by atoms with Gasteiger partial charge in [-0.05, 0) is 96.3 Å². The first-order chi connectivity index (χ1) is 23.6. The van der Waals surface area contributed by atoms with Gasteiger partial charge in [-0.2, -0.15) is 0 Å². The van der Waals surface area contributed by atoms with Crippen LogP contribution >= 0.6 is 27.5 Å². The Bertz CT molecular complexity index is 1780. The van der Waals surface area contributed by atoms with Gasteiger partial charge >= 0.3 is 6.09 Å². The largest absolute Gasteiger partial charge is 0.446 e. The standard InChI is InChI=1S/C35H42BrClN6O5S/c1-23-18-40(22-39-23)19-29-20-42(13-14-49(29,46)47)34(44)31-21-41(11-12-43(31)35(45)48-28-5-3-2-4-6-28)33-30-10-9-27(37)16-24(30)7-8-25-15-26(36)17-38-32(25)33/h9-10,15-18,22,28-29,31,33H,2-8,11-14,19-21H2,1H3/t29-,31-,33?/m1/s1. The number of piperazine rings is 1. The van der Waals surface area contributed by atoms with Gasteiger partial charge in [0.15, 0.2) is 9.84 Å². The maximum Gasteiger partial charge on any atom is 0.410 e. The van der Waals surface area contributed by atoms with Crippen LogP contribution in [0.2, 0.25) is 5.02 Å². The molecular formula is C35H42BrClN6O5S. The molecule has 3 fully saturated rings. The Morgan fingerprint density at radius 1 is 1.02 bits per heavy atom. The molecule has 0 bridgehead atoms. The number of halogens is 2. The van der Waals surface area contributed by atoms with Gasteiger partial charge in [0.2, 0.25) is 5.91 Å². The molecule has 1 aromatic carbocycles. The molecule has 14 heteroatoms. The van der Waals surface area contributed by atoms with Crippen LogP contribution in [-0.4, -0.2) is 106 Å². The molecule has 2 aliphatic heterocycles. The number of benzene rings is 1. The van der Waals surface area contributed by atoms with Gasteiger partial charge in [-0.15, -0.1) is 0 Å². The number of rotatable bonds is 5. The van der Waals surface area contributed by atoms with Crippen molar-refractivity contribution in [3.63, 3.8) is 0 Å². The maximum atomic E-state index is 14.6. The zero-order valence-electron chi connectivity index (χ0n) is 27.6. The van der Waals surface area contributed by atoms with Gasteiger partial charge in [-0.1, -0.05) is 24.1 Å². The van der Waals surface area contributed by atoms with Crippen LogP contribution in [0.25, 0.3) is 0 Å². The highest BCUT2D eigenvalue weighted by molar-refractivity contribution is 9.10. The number of amides is 2. The monoisotopic (exact) mass is 772 g/mol. The summed E-state index contributed by atoms with van der Waals surface area (Å²) in [5, 5.41) is -0.115. The third-order valence-corrected chi connectivity index (χ3v) is 13.2. The molecular weight excluding hydrogens is 732 g/mol. The highest BCUT2D eigenvalue weighted by Crippen LogP contribution is 2.39. The summed E-state index contributed by atoms with van der Waals surface area (Å²) in [5.74, 6) is -0.399. The lowest BCUT2D eigenvalue weighted by molar-refractivity contribution is -0.139. The number of fused-ring (bicyclic) bond motifs is 2. The topological polar surface area (TPSA) is 118 Å². The number of hydrogen-bond donors (Lipinski definition) is 0. The van der Waals surface area contributed by atoms with Crippen LogP contribution in [0.4, 0.5) is 4.79 Å². The summed E-state index contributed by atoms with van der Waals surface area (Å²) < 4.78 is 35.1. The molecule has 2 amide bonds. The van der Waals surface area contributed by atoms with Gasteiger partial charge in [0.1, 0.15) is 12.1 Å². The van der Waals surface area contributed by atoms with E-state index in [1.54, 1.807) is 26.9 Å². The van der Waals surface area contributed by atoms with Crippen LogP contribution in [0.3, 0.4) is 0 Å². The summed E-state index contributed by atoms with van der Waals surface area (Å²) >= 11 is 10.1. The van der Waals surface area contributed by atoms with E-state index in [1.807, 2.05) is 25.3 Å². The number of nitrogens with zero attached hydrogens (tertiary/aromatic N) is 6. The molecule has 1 saturated carbocycles. The van der Waals surface area contributed by atoms with Crippen molar-refractivity contribution >= 4 is 49.4 Å². The third kappa shape index (κ3) is 7.41. The van der Waals surface area contributed by atoms with E-state index in [0.717, 1.165) is 77.5 Å². The molecule has 2 saturated heterocycles. The summed E-state index contributed by atoms with van der Waals surface area (Å²) in [7, 11) is -3.45. The number of ether oxygens (including phenoxy) is 1. The lowest BCUT2D eigenvalue weighted by atomic mass is 9.95. The Hall–Kier alpha value is -3.00. The molecule has 4 heterocycles. The molecule has 262 valence electrons. The fraction of sp³-hybridized carbons (Fsp3) is 0.543. The Morgan fingerprint density at radius 3 is 2.59 bits per heavy atom. The summed E-state index contributed by atoms with van der Waals surface area (Å²) in [5.41, 5.74) is 5.05. The van der Waals surface area contributed by atoms with E-state index in [4.69, 9.17) is 21.3 Å². The number of aromatic nitrogens is 3. The number of hydrogen-bond acceptors (Lipinski definition) is 8. The smallest absolute Gasteiger partial charge is 0.410 e. The minimum atomic E-state index is -3.45. The van der Waals surface area contributed by atoms with Gasteiger partial charge in [0.25, 0.3) is 0 Å². The van der Waals surface area contributed by atoms with Crippen LogP contribution < -0.4 is 0 Å². The molecule has 0 spiro atoms. The summed E-state index contributed by atoms with van der Waals surface area (Å²) in [4.78, 5) is 43.1. The zero-order chi connectivity index (χ0) is 34.3. The van der Waals surface area contributed by atoms with Gasteiger partial charge < -0.3 is 14.2 Å². The van der Waals surface area contributed by atoms with E-state index in [0.29, 0.717) is 11.6 Å². The number of pyridine rings is 1. The van der Waals surface area contributed by atoms with Crippen LogP contribution in [0.1, 0.15) is 66.2 Å². The van der Waals surface area contributed by atoms with Crippen molar-refractivity contribution in [2.24, 2.45) is 0 Å². The number of carbonyl (C=O) groups excluding carboxylic acids is 2. The van der Waals surface area contributed by atoms with Crippen molar-refractivity contribution in [1.82, 2.24) is 29.2 Å². The van der Waals surface area contributed by atoms with Gasteiger partial charge in [-0.3, -0.25) is 19.6 Å². The van der Waals surface area contributed by atoms with Gasteiger partial charge in [-0.25, -0.2) is 18.2 Å². The molecule has 4 aliphatic rings. The lowest BCUT2D eigenvalue weighted by Gasteiger charge is -2.45. The van der Waals surface area contributed by atoms with E-state index < -0.39 is 27.2 Å². The molecule has 49 heavy (non-hydrogen) atoms. The lowest BCUT2D eigenvalue weighted by Crippen LogP contribution is -2.64. The maximum absolute atomic E-state index is 14.6. The van der Waals surface area contributed by atoms with Crippen LogP contribution in [0.5, 0.6) is 0 Å². The van der Waals surface area contributed by atoms with E-state index in [2.05, 4.69) is 37.9 Å². The summed E-state index contributed by atoms with van der Waals surface area (Å²) in [6.45, 7) is 3.22. The Morgan fingerprint density at radius 2 is 1.82 bits per heavy atom. The number of carbonyl (C=O) groups is 2. The Kier molecular flexibility index (Phi) is 10.1. The average molecular weight is 774 g/mol. The molecule has 11 nitrogen and oxygen atoms in total. The molecule has 3 atom stereocenters. The van der Waals surface area contributed by atoms with Crippen molar-refractivity contribution in [1.29, 1.82) is 0 Å². The number of imidazole rings is 1.